The zero-order valence-corrected chi connectivity index (χ0v) is 18.3. The second-order valence-electron chi connectivity index (χ2n) is 12.1. The van der Waals surface area contributed by atoms with E-state index in [1.54, 1.807) is 0 Å². The van der Waals surface area contributed by atoms with Gasteiger partial charge in [-0.05, 0) is 104 Å². The SMILES string of the molecule is CC1(C(=O)c2cc3c(o2)C[C@@H]2CC[C@@H]4[C@H](CC[C@]5(C)[C@@H](O)CC[C@@H]45)[C@@]2(C)C3)CC1. The van der Waals surface area contributed by atoms with Crippen molar-refractivity contribution in [1.29, 1.82) is 0 Å². The van der Waals surface area contributed by atoms with Crippen LogP contribution in [0.2, 0.25) is 0 Å². The zero-order valence-electron chi connectivity index (χ0n) is 18.3. The predicted molar refractivity (Wildman–Crippen MR) is 112 cm³/mol. The molecule has 1 heterocycles. The summed E-state index contributed by atoms with van der Waals surface area (Å²) in [5, 5.41) is 10.7. The van der Waals surface area contributed by atoms with E-state index in [1.165, 1.54) is 37.7 Å². The molecule has 0 unspecified atom stereocenters. The average Bonchev–Trinajstić information content (AvgIpc) is 3.19. The van der Waals surface area contributed by atoms with Crippen molar-refractivity contribution in [1.82, 2.24) is 0 Å². The molecule has 0 radical (unpaired) electrons. The van der Waals surface area contributed by atoms with Crippen LogP contribution in [0.5, 0.6) is 0 Å². The maximum absolute atomic E-state index is 12.8. The van der Waals surface area contributed by atoms with E-state index < -0.39 is 0 Å². The van der Waals surface area contributed by atoms with Crippen molar-refractivity contribution in [3.05, 3.63) is 23.2 Å². The summed E-state index contributed by atoms with van der Waals surface area (Å²) in [5.41, 5.74) is 1.63. The molecular formula is C26H36O3. The smallest absolute Gasteiger partial charge is 0.203 e. The number of ketones is 1. The highest BCUT2D eigenvalue weighted by Gasteiger charge is 2.60. The molecule has 3 nitrogen and oxygen atoms in total. The first-order valence-electron chi connectivity index (χ1n) is 12.1. The highest BCUT2D eigenvalue weighted by atomic mass is 16.3. The van der Waals surface area contributed by atoms with Gasteiger partial charge in [0.2, 0.25) is 5.78 Å². The Morgan fingerprint density at radius 3 is 2.52 bits per heavy atom. The van der Waals surface area contributed by atoms with Crippen molar-refractivity contribution in [2.75, 3.05) is 0 Å². The summed E-state index contributed by atoms with van der Waals surface area (Å²) in [7, 11) is 0. The molecule has 0 aromatic carbocycles. The highest BCUT2D eigenvalue weighted by molar-refractivity contribution is 6.00. The largest absolute Gasteiger partial charge is 0.458 e. The fourth-order valence-corrected chi connectivity index (χ4v) is 8.36. The number of furan rings is 1. The molecule has 4 fully saturated rings. The molecule has 5 aliphatic carbocycles. The van der Waals surface area contributed by atoms with Crippen LogP contribution in [0, 0.1) is 39.9 Å². The van der Waals surface area contributed by atoms with E-state index in [4.69, 9.17) is 4.42 Å². The first-order chi connectivity index (χ1) is 13.7. The van der Waals surface area contributed by atoms with Gasteiger partial charge in [-0.15, -0.1) is 0 Å². The van der Waals surface area contributed by atoms with Crippen molar-refractivity contribution < 1.29 is 14.3 Å². The van der Waals surface area contributed by atoms with E-state index in [1.807, 2.05) is 0 Å². The van der Waals surface area contributed by atoms with Crippen molar-refractivity contribution in [2.24, 2.45) is 39.9 Å². The van der Waals surface area contributed by atoms with Crippen LogP contribution in [-0.2, 0) is 12.8 Å². The Labute approximate surface area is 174 Å². The summed E-state index contributed by atoms with van der Waals surface area (Å²) in [6.45, 7) is 6.99. The molecule has 158 valence electrons. The molecule has 5 aliphatic rings. The second-order valence-corrected chi connectivity index (χ2v) is 12.1. The molecule has 0 amide bonds. The van der Waals surface area contributed by atoms with E-state index in [9.17, 15) is 9.90 Å². The van der Waals surface area contributed by atoms with Crippen LogP contribution < -0.4 is 0 Å². The van der Waals surface area contributed by atoms with Crippen molar-refractivity contribution >= 4 is 5.78 Å². The topological polar surface area (TPSA) is 50.4 Å². The lowest BCUT2D eigenvalue weighted by Crippen LogP contribution is -2.54. The Morgan fingerprint density at radius 1 is 1.00 bits per heavy atom. The first-order valence-corrected chi connectivity index (χ1v) is 12.1. The number of carbonyl (C=O) groups is 1. The monoisotopic (exact) mass is 396 g/mol. The number of Topliss-reactive ketones (excluding diaryl/α,β-unsaturated/α-hetero) is 1. The van der Waals surface area contributed by atoms with E-state index in [2.05, 4.69) is 26.8 Å². The number of carbonyl (C=O) groups excluding carboxylic acids is 1. The van der Waals surface area contributed by atoms with Gasteiger partial charge < -0.3 is 9.52 Å². The molecule has 4 saturated carbocycles. The Hall–Kier alpha value is -1.09. The van der Waals surface area contributed by atoms with Gasteiger partial charge in [0.1, 0.15) is 5.76 Å². The van der Waals surface area contributed by atoms with Gasteiger partial charge in [0.05, 0.1) is 6.10 Å². The third kappa shape index (κ3) is 2.43. The minimum Gasteiger partial charge on any atom is -0.458 e. The van der Waals surface area contributed by atoms with Gasteiger partial charge in [0.15, 0.2) is 5.76 Å². The summed E-state index contributed by atoms with van der Waals surface area (Å²) in [6, 6.07) is 2.11. The standard InChI is InChI=1S/C26H36O3/c1-24(10-11-24)23(28)21-12-15-14-26(3)16(13-20(15)29-21)4-5-17-18-6-7-22(27)25(18,2)9-8-19(17)26/h12,16-19,22,27H,4-11,13-14H2,1-3H3/t16-,17-,18-,19-,22-,25-,26-/m0/s1. The summed E-state index contributed by atoms with van der Waals surface area (Å²) in [6.07, 6.45) is 11.3. The molecule has 29 heavy (non-hydrogen) atoms. The van der Waals surface area contributed by atoms with Gasteiger partial charge in [-0.2, -0.15) is 0 Å². The molecule has 0 aliphatic heterocycles. The zero-order chi connectivity index (χ0) is 20.2. The average molecular weight is 397 g/mol. The Balaban J connectivity index is 1.31. The summed E-state index contributed by atoms with van der Waals surface area (Å²) >= 11 is 0. The number of hydrogen-bond acceptors (Lipinski definition) is 3. The Kier molecular flexibility index (Phi) is 3.72. The first kappa shape index (κ1) is 18.7. The van der Waals surface area contributed by atoms with E-state index in [0.717, 1.165) is 49.7 Å². The molecular weight excluding hydrogens is 360 g/mol. The summed E-state index contributed by atoms with van der Waals surface area (Å²) < 4.78 is 6.18. The molecule has 1 N–H and O–H groups in total. The number of fused-ring (bicyclic) bond motifs is 6. The minimum absolute atomic E-state index is 0.0943. The Morgan fingerprint density at radius 2 is 1.76 bits per heavy atom. The summed E-state index contributed by atoms with van der Waals surface area (Å²) in [4.78, 5) is 12.8. The minimum atomic E-state index is -0.153. The van der Waals surface area contributed by atoms with Gasteiger partial charge in [0.25, 0.3) is 0 Å². The molecule has 1 aromatic rings. The fraction of sp³-hybridized carbons (Fsp3) is 0.808. The lowest BCUT2D eigenvalue weighted by atomic mass is 9.45. The van der Waals surface area contributed by atoms with Gasteiger partial charge in [-0.3, -0.25) is 4.79 Å². The lowest BCUT2D eigenvalue weighted by molar-refractivity contribution is -0.112. The van der Waals surface area contributed by atoms with E-state index >= 15 is 0 Å². The van der Waals surface area contributed by atoms with Crippen molar-refractivity contribution in [3.63, 3.8) is 0 Å². The van der Waals surface area contributed by atoms with Crippen molar-refractivity contribution in [3.8, 4) is 0 Å². The molecule has 0 bridgehead atoms. The highest BCUT2D eigenvalue weighted by Crippen LogP contribution is 2.65. The van der Waals surface area contributed by atoms with Gasteiger partial charge >= 0.3 is 0 Å². The molecule has 6 rings (SSSR count). The van der Waals surface area contributed by atoms with E-state index in [-0.39, 0.29) is 22.7 Å². The quantitative estimate of drug-likeness (QED) is 0.664. The van der Waals surface area contributed by atoms with Crippen LogP contribution in [0.1, 0.15) is 94.0 Å². The van der Waals surface area contributed by atoms with Gasteiger partial charge in [-0.1, -0.05) is 20.8 Å². The van der Waals surface area contributed by atoms with E-state index in [0.29, 0.717) is 23.0 Å². The normalized spacial score (nSPS) is 47.0. The maximum atomic E-state index is 12.8. The van der Waals surface area contributed by atoms with Crippen LogP contribution in [0.3, 0.4) is 0 Å². The number of aliphatic hydroxyl groups is 1. The fourth-order valence-electron chi connectivity index (χ4n) is 8.36. The number of hydrogen-bond donors (Lipinski definition) is 1. The molecule has 7 atom stereocenters. The molecule has 3 heteroatoms. The number of aliphatic hydroxyl groups excluding tert-OH is 1. The van der Waals surface area contributed by atoms with Crippen molar-refractivity contribution in [2.45, 2.75) is 91.1 Å². The van der Waals surface area contributed by atoms with Crippen LogP contribution >= 0.6 is 0 Å². The van der Waals surface area contributed by atoms with Gasteiger partial charge in [-0.25, -0.2) is 0 Å². The summed E-state index contributed by atoms with van der Waals surface area (Å²) in [5.74, 6) is 4.87. The third-order valence-electron chi connectivity index (χ3n) is 10.7. The van der Waals surface area contributed by atoms with Gasteiger partial charge in [0, 0.05) is 11.8 Å². The van der Waals surface area contributed by atoms with Crippen LogP contribution in [-0.4, -0.2) is 17.0 Å². The van der Waals surface area contributed by atoms with Crippen LogP contribution in [0.25, 0.3) is 0 Å². The predicted octanol–water partition coefficient (Wildman–Crippen LogP) is 5.58. The second kappa shape index (κ2) is 5.78. The number of rotatable bonds is 2. The lowest BCUT2D eigenvalue weighted by Gasteiger charge is -2.59. The molecule has 1 aromatic heterocycles. The van der Waals surface area contributed by atoms with Crippen LogP contribution in [0.15, 0.2) is 10.5 Å². The molecule has 0 spiro atoms. The Bertz CT molecular complexity index is 863. The van der Waals surface area contributed by atoms with Crippen LogP contribution in [0.4, 0.5) is 0 Å². The molecule has 0 saturated heterocycles. The third-order valence-corrected chi connectivity index (χ3v) is 10.7. The maximum Gasteiger partial charge on any atom is 0.203 e.